The van der Waals surface area contributed by atoms with E-state index in [-0.39, 0.29) is 83.9 Å². The van der Waals surface area contributed by atoms with Crippen LogP contribution in [0.25, 0.3) is 0 Å². The van der Waals surface area contributed by atoms with E-state index in [9.17, 15) is 0 Å². The Labute approximate surface area is 83.0 Å². The zero-order chi connectivity index (χ0) is 0. The Morgan fingerprint density at radius 2 is 0.400 bits per heavy atom. The molecule has 0 N–H and O–H groups in total. The zero-order valence-electron chi connectivity index (χ0n) is 2.22. The maximum absolute atomic E-state index is 0. The average Bonchev–Trinajstić information content (AvgIpc) is 0. The summed E-state index contributed by atoms with van der Waals surface area (Å²) >= 11 is 0. The molecule has 0 aliphatic rings. The number of hydrogen-bond acceptors (Lipinski definition) is 0. The van der Waals surface area contributed by atoms with E-state index < -0.39 is 0 Å². The van der Waals surface area contributed by atoms with Crippen molar-refractivity contribution in [1.29, 1.82) is 0 Å². The van der Waals surface area contributed by atoms with Gasteiger partial charge >= 0.3 is 43.4 Å². The van der Waals surface area contributed by atoms with Crippen molar-refractivity contribution in [3.8, 4) is 0 Å². The van der Waals surface area contributed by atoms with E-state index in [1.807, 2.05) is 0 Å². The minimum Gasteiger partial charge on any atom is -2.00 e. The van der Waals surface area contributed by atoms with Crippen LogP contribution in [-0.4, -0.2) is 0 Å². The van der Waals surface area contributed by atoms with Crippen molar-refractivity contribution in [1.82, 2.24) is 0 Å². The molecule has 2 radical (unpaired) electrons. The van der Waals surface area contributed by atoms with Crippen molar-refractivity contribution >= 4 is 40.5 Å². The number of hydrogen-bond donors (Lipinski definition) is 0. The van der Waals surface area contributed by atoms with E-state index in [0.29, 0.717) is 0 Å². The normalized spacial score (nSPS) is 0. The Morgan fingerprint density at radius 3 is 0.400 bits per heavy atom. The molecule has 0 heterocycles. The maximum atomic E-state index is 0. The molecule has 0 atom stereocenters. The van der Waals surface area contributed by atoms with Crippen LogP contribution in [0.15, 0.2) is 0 Å². The molecule has 0 amide bonds. The second kappa shape index (κ2) is 31.7. The molecule has 0 aromatic carbocycles. The first-order chi connectivity index (χ1) is 0. The Bertz CT molecular complexity index is 4.85. The molecule has 0 aromatic heterocycles. The molecule has 0 aromatic rings. The molecule has 0 aliphatic heterocycles. The SMILES string of the molecule is [S-2].[S-2].[S-2].[Ti+3].[Ti+3]. The van der Waals surface area contributed by atoms with Crippen molar-refractivity contribution in [3.63, 3.8) is 0 Å². The van der Waals surface area contributed by atoms with Crippen molar-refractivity contribution < 1.29 is 43.4 Å². The molecule has 0 fully saturated rings. The topological polar surface area (TPSA) is 0 Å². The summed E-state index contributed by atoms with van der Waals surface area (Å²) in [5.41, 5.74) is 0. The van der Waals surface area contributed by atoms with Gasteiger partial charge in [0.25, 0.3) is 0 Å². The van der Waals surface area contributed by atoms with Gasteiger partial charge in [-0.15, -0.1) is 0 Å². The fourth-order valence-corrected chi connectivity index (χ4v) is 0. The molecule has 0 aliphatic carbocycles. The summed E-state index contributed by atoms with van der Waals surface area (Å²) in [7, 11) is 0. The number of rotatable bonds is 0. The quantitative estimate of drug-likeness (QED) is 0.473. The van der Waals surface area contributed by atoms with Gasteiger partial charge in [-0.25, -0.2) is 0 Å². The van der Waals surface area contributed by atoms with Crippen LogP contribution in [0, 0.1) is 0 Å². The second-order valence-electron chi connectivity index (χ2n) is 0. The smallest absolute Gasteiger partial charge is 2.00 e. The Balaban J connectivity index is 0. The van der Waals surface area contributed by atoms with Crippen LogP contribution in [-0.2, 0) is 83.9 Å². The van der Waals surface area contributed by atoms with Gasteiger partial charge in [0.1, 0.15) is 0 Å². The van der Waals surface area contributed by atoms with Gasteiger partial charge < -0.3 is 40.5 Å². The first-order valence-electron chi connectivity index (χ1n) is 0. The molecule has 0 spiro atoms. The summed E-state index contributed by atoms with van der Waals surface area (Å²) in [6, 6.07) is 0. The third-order valence-electron chi connectivity index (χ3n) is 0. The first-order valence-corrected chi connectivity index (χ1v) is 0. The van der Waals surface area contributed by atoms with Crippen LogP contribution in [0.1, 0.15) is 0 Å². The molecule has 0 rings (SSSR count). The van der Waals surface area contributed by atoms with Gasteiger partial charge in [-0.2, -0.15) is 0 Å². The van der Waals surface area contributed by atoms with Crippen LogP contribution in [0.2, 0.25) is 0 Å². The van der Waals surface area contributed by atoms with Crippen LogP contribution < -0.4 is 0 Å². The maximum Gasteiger partial charge on any atom is 3.00 e. The molecule has 0 unspecified atom stereocenters. The van der Waals surface area contributed by atoms with Crippen LogP contribution in [0.4, 0.5) is 0 Å². The van der Waals surface area contributed by atoms with Gasteiger partial charge in [0, 0.05) is 0 Å². The van der Waals surface area contributed by atoms with E-state index in [2.05, 4.69) is 0 Å². The standard InChI is InChI=1S/3S.2Ti/q3*-2;2*+3. The molecular formula is S3Ti2. The Hall–Kier alpha value is 2.48. The van der Waals surface area contributed by atoms with Crippen LogP contribution in [0.5, 0.6) is 0 Å². The predicted octanol–water partition coefficient (Wildman–Crippen LogP) is -0.0122. The third kappa shape index (κ3) is 21.2. The van der Waals surface area contributed by atoms with Gasteiger partial charge in [0.15, 0.2) is 0 Å². The zero-order valence-corrected chi connectivity index (χ0v) is 7.80. The fourth-order valence-electron chi connectivity index (χ4n) is 0. The molecule has 26 valence electrons. The van der Waals surface area contributed by atoms with E-state index in [4.69, 9.17) is 0 Å². The Kier molecular flexibility index (Phi) is 323. The average molecular weight is 192 g/mol. The fraction of sp³-hybridized carbons (Fsp3) is 0. The van der Waals surface area contributed by atoms with Crippen LogP contribution in [0.3, 0.4) is 0 Å². The van der Waals surface area contributed by atoms with Gasteiger partial charge in [-0.05, 0) is 0 Å². The van der Waals surface area contributed by atoms with Gasteiger partial charge in [-0.3, -0.25) is 0 Å². The summed E-state index contributed by atoms with van der Waals surface area (Å²) in [6.07, 6.45) is 0. The molecule has 0 bridgehead atoms. The summed E-state index contributed by atoms with van der Waals surface area (Å²) < 4.78 is 0. The minimum absolute atomic E-state index is 0. The van der Waals surface area contributed by atoms with Gasteiger partial charge in [0.2, 0.25) is 0 Å². The Morgan fingerprint density at radius 1 is 0.400 bits per heavy atom. The molecule has 0 saturated heterocycles. The van der Waals surface area contributed by atoms with E-state index >= 15 is 0 Å². The molecule has 0 nitrogen and oxygen atoms in total. The summed E-state index contributed by atoms with van der Waals surface area (Å²) in [5.74, 6) is 0. The summed E-state index contributed by atoms with van der Waals surface area (Å²) in [4.78, 5) is 0. The van der Waals surface area contributed by atoms with Crippen molar-refractivity contribution in [2.75, 3.05) is 0 Å². The third-order valence-corrected chi connectivity index (χ3v) is 0. The molecule has 0 saturated carbocycles. The van der Waals surface area contributed by atoms with Crippen molar-refractivity contribution in [3.05, 3.63) is 0 Å². The molecule has 5 heavy (non-hydrogen) atoms. The monoisotopic (exact) mass is 192 g/mol. The second-order valence-corrected chi connectivity index (χ2v) is 0. The van der Waals surface area contributed by atoms with E-state index in [1.165, 1.54) is 0 Å². The van der Waals surface area contributed by atoms with Gasteiger partial charge in [0.05, 0.1) is 0 Å². The van der Waals surface area contributed by atoms with Crippen LogP contribution >= 0.6 is 0 Å². The summed E-state index contributed by atoms with van der Waals surface area (Å²) in [5, 5.41) is 0. The van der Waals surface area contributed by atoms with Crippen molar-refractivity contribution in [2.45, 2.75) is 0 Å². The molecular weight excluding hydrogens is 192 g/mol. The minimum atomic E-state index is 0. The largest absolute Gasteiger partial charge is 3.00 e. The summed E-state index contributed by atoms with van der Waals surface area (Å²) in [6.45, 7) is 0. The van der Waals surface area contributed by atoms with E-state index in [0.717, 1.165) is 0 Å². The first kappa shape index (κ1) is 51.1. The van der Waals surface area contributed by atoms with Gasteiger partial charge in [-0.1, -0.05) is 0 Å². The van der Waals surface area contributed by atoms with Crippen molar-refractivity contribution in [2.24, 2.45) is 0 Å². The molecule has 5 heteroatoms. The predicted molar refractivity (Wildman–Crippen MR) is 22.1 cm³/mol. The van der Waals surface area contributed by atoms with E-state index in [1.54, 1.807) is 0 Å².